The van der Waals surface area contributed by atoms with Crippen LogP contribution in [0, 0.1) is 0 Å². The molecule has 0 N–H and O–H groups in total. The second kappa shape index (κ2) is 7.76. The maximum Gasteiger partial charge on any atom is 0.289 e. The first-order chi connectivity index (χ1) is 12.7. The van der Waals surface area contributed by atoms with E-state index in [1.807, 2.05) is 0 Å². The van der Waals surface area contributed by atoms with Crippen molar-refractivity contribution in [3.8, 4) is 0 Å². The van der Waals surface area contributed by atoms with Gasteiger partial charge in [-0.15, -0.1) is 0 Å². The Morgan fingerprint density at radius 1 is 1.33 bits per heavy atom. The molecule has 0 radical (unpaired) electrons. The lowest BCUT2D eigenvalue weighted by atomic mass is 9.93. The summed E-state index contributed by atoms with van der Waals surface area (Å²) in [5, 5.41) is -0.143. The van der Waals surface area contributed by atoms with Gasteiger partial charge in [-0.05, 0) is 18.9 Å². The molecule has 0 aromatic carbocycles. The number of carbonyl (C=O) groups is 3. The third-order valence-corrected chi connectivity index (χ3v) is 6.81. The van der Waals surface area contributed by atoms with E-state index < -0.39 is 15.1 Å². The first-order valence-corrected chi connectivity index (χ1v) is 11.5. The summed E-state index contributed by atoms with van der Waals surface area (Å²) in [6.45, 7) is 0.559. The highest BCUT2D eigenvalue weighted by atomic mass is 35.5. The van der Waals surface area contributed by atoms with Crippen LogP contribution in [0.3, 0.4) is 0 Å². The molecular formula is C16H18ClN3O5S2. The Morgan fingerprint density at radius 3 is 2.56 bits per heavy atom. The molecule has 2 aliphatic heterocycles. The van der Waals surface area contributed by atoms with Crippen molar-refractivity contribution in [3.63, 3.8) is 0 Å². The molecule has 0 atom stereocenters. The van der Waals surface area contributed by atoms with E-state index in [1.54, 1.807) is 4.90 Å². The zero-order valence-electron chi connectivity index (χ0n) is 14.6. The molecule has 0 unspecified atom stereocenters. The van der Waals surface area contributed by atoms with Gasteiger partial charge in [0.05, 0.1) is 21.4 Å². The van der Waals surface area contributed by atoms with E-state index in [4.69, 9.17) is 11.6 Å². The molecule has 2 aliphatic rings. The van der Waals surface area contributed by atoms with Gasteiger partial charge < -0.3 is 4.90 Å². The van der Waals surface area contributed by atoms with E-state index in [0.29, 0.717) is 31.6 Å². The molecule has 3 amide bonds. The molecule has 11 heteroatoms. The number of aromatic nitrogens is 1. The first-order valence-electron chi connectivity index (χ1n) is 8.27. The Kier molecular flexibility index (Phi) is 5.78. The highest BCUT2D eigenvalue weighted by Gasteiger charge is 2.34. The number of pyridine rings is 1. The fraction of sp³-hybridized carbons (Fsp3) is 0.500. The molecule has 2 saturated heterocycles. The van der Waals surface area contributed by atoms with Gasteiger partial charge in [-0.2, -0.15) is 0 Å². The lowest BCUT2D eigenvalue weighted by Crippen LogP contribution is -2.45. The summed E-state index contributed by atoms with van der Waals surface area (Å²) < 4.78 is 24.1. The number of sulfone groups is 1. The number of piperidine rings is 1. The molecule has 0 saturated carbocycles. The number of halogens is 1. The number of likely N-dealkylation sites (tertiary alicyclic amines) is 1. The fourth-order valence-corrected chi connectivity index (χ4v) is 5.09. The average Bonchev–Trinajstić information content (AvgIpc) is 2.93. The summed E-state index contributed by atoms with van der Waals surface area (Å²) in [7, 11) is -3.47. The predicted molar refractivity (Wildman–Crippen MR) is 100 cm³/mol. The fourth-order valence-electron chi connectivity index (χ4n) is 3.21. The number of thioether (sulfide) groups is 1. The van der Waals surface area contributed by atoms with Gasteiger partial charge in [-0.3, -0.25) is 24.3 Å². The van der Waals surface area contributed by atoms with Crippen molar-refractivity contribution < 1.29 is 22.8 Å². The Bertz CT molecular complexity index is 881. The lowest BCUT2D eigenvalue weighted by Gasteiger charge is -2.33. The maximum absolute atomic E-state index is 12.4. The molecule has 2 fully saturated rings. The summed E-state index contributed by atoms with van der Waals surface area (Å²) >= 11 is 6.79. The van der Waals surface area contributed by atoms with Gasteiger partial charge in [0, 0.05) is 31.5 Å². The first kappa shape index (κ1) is 20.1. The molecule has 1 aromatic rings. The van der Waals surface area contributed by atoms with Crippen LogP contribution in [0.15, 0.2) is 17.2 Å². The minimum absolute atomic E-state index is 0.0741. The zero-order chi connectivity index (χ0) is 19.8. The van der Waals surface area contributed by atoms with Crippen molar-refractivity contribution in [1.29, 1.82) is 0 Å². The number of carbonyl (C=O) groups excluding carboxylic acids is 3. The Labute approximate surface area is 166 Å². The zero-order valence-corrected chi connectivity index (χ0v) is 16.9. The molecule has 146 valence electrons. The highest BCUT2D eigenvalue weighted by Crippen LogP contribution is 2.32. The minimum Gasteiger partial charge on any atom is -0.341 e. The summed E-state index contributed by atoms with van der Waals surface area (Å²) in [6.07, 6.45) is 3.62. The van der Waals surface area contributed by atoms with Gasteiger partial charge in [0.1, 0.15) is 6.54 Å². The van der Waals surface area contributed by atoms with E-state index in [0.717, 1.165) is 22.9 Å². The maximum atomic E-state index is 12.4. The molecule has 0 bridgehead atoms. The van der Waals surface area contributed by atoms with Crippen molar-refractivity contribution in [3.05, 3.63) is 23.0 Å². The van der Waals surface area contributed by atoms with E-state index >= 15 is 0 Å². The van der Waals surface area contributed by atoms with Crippen molar-refractivity contribution in [1.82, 2.24) is 14.8 Å². The summed E-state index contributed by atoms with van der Waals surface area (Å²) in [5.74, 6) is -0.673. The number of rotatable bonds is 4. The number of amides is 3. The van der Waals surface area contributed by atoms with Crippen LogP contribution in [0.1, 0.15) is 24.5 Å². The summed E-state index contributed by atoms with van der Waals surface area (Å²) in [6, 6.07) is 1.40. The number of imide groups is 1. The second-order valence-corrected chi connectivity index (χ2v) is 9.85. The second-order valence-electron chi connectivity index (χ2n) is 6.50. The van der Waals surface area contributed by atoms with Crippen molar-refractivity contribution in [2.24, 2.45) is 0 Å². The van der Waals surface area contributed by atoms with Gasteiger partial charge in [0.25, 0.3) is 5.24 Å². The van der Waals surface area contributed by atoms with Crippen LogP contribution < -0.4 is 0 Å². The molecule has 1 aromatic heterocycles. The van der Waals surface area contributed by atoms with Gasteiger partial charge in [-0.1, -0.05) is 23.4 Å². The topological polar surface area (TPSA) is 105 Å². The Balaban J connectivity index is 1.67. The normalized spacial score (nSPS) is 19.0. The number of hydrogen-bond acceptors (Lipinski definition) is 7. The van der Waals surface area contributed by atoms with Gasteiger partial charge in [-0.25, -0.2) is 8.42 Å². The van der Waals surface area contributed by atoms with Crippen molar-refractivity contribution in [2.45, 2.75) is 23.7 Å². The molecule has 3 heterocycles. The van der Waals surface area contributed by atoms with Crippen LogP contribution in [0.5, 0.6) is 0 Å². The monoisotopic (exact) mass is 431 g/mol. The largest absolute Gasteiger partial charge is 0.341 e. The van der Waals surface area contributed by atoms with E-state index in [-0.39, 0.29) is 39.9 Å². The summed E-state index contributed by atoms with van der Waals surface area (Å²) in [4.78, 5) is 42.6. The predicted octanol–water partition coefficient (Wildman–Crippen LogP) is 1.54. The smallest absolute Gasteiger partial charge is 0.289 e. The standard InChI is InChI=1S/C16H18ClN3O5S2/c1-27(24,25)12-6-11(17)7-18-15(12)10-2-4-19(5-3-10)13(21)8-20-14(22)9-26-16(20)23/h6-7,10H,2-5,8-9H2,1H3. The van der Waals surface area contributed by atoms with Gasteiger partial charge in [0.15, 0.2) is 9.84 Å². The average molecular weight is 432 g/mol. The Hall–Kier alpha value is -1.65. The highest BCUT2D eigenvalue weighted by molar-refractivity contribution is 8.14. The van der Waals surface area contributed by atoms with Crippen molar-refractivity contribution >= 4 is 50.3 Å². The molecule has 0 aliphatic carbocycles. The molecule has 27 heavy (non-hydrogen) atoms. The van der Waals surface area contributed by atoms with Crippen LogP contribution in [0.4, 0.5) is 4.79 Å². The SMILES string of the molecule is CS(=O)(=O)c1cc(Cl)cnc1C1CCN(C(=O)CN2C(=O)CSC2=O)CC1. The van der Waals surface area contributed by atoms with Gasteiger partial charge >= 0.3 is 0 Å². The third-order valence-electron chi connectivity index (χ3n) is 4.62. The molecule has 0 spiro atoms. The molecule has 8 nitrogen and oxygen atoms in total. The quantitative estimate of drug-likeness (QED) is 0.711. The van der Waals surface area contributed by atoms with E-state index in [2.05, 4.69) is 4.98 Å². The number of hydrogen-bond donors (Lipinski definition) is 0. The van der Waals surface area contributed by atoms with E-state index in [9.17, 15) is 22.8 Å². The third kappa shape index (κ3) is 4.44. The minimum atomic E-state index is -3.47. The molecular weight excluding hydrogens is 414 g/mol. The summed E-state index contributed by atoms with van der Waals surface area (Å²) in [5.41, 5.74) is 0.468. The van der Waals surface area contributed by atoms with E-state index in [1.165, 1.54) is 12.3 Å². The van der Waals surface area contributed by atoms with Crippen LogP contribution in [0.25, 0.3) is 0 Å². The van der Waals surface area contributed by atoms with Crippen LogP contribution in [0.2, 0.25) is 5.02 Å². The van der Waals surface area contributed by atoms with Crippen LogP contribution in [-0.4, -0.2) is 71.9 Å². The number of nitrogens with zero attached hydrogens (tertiary/aromatic N) is 3. The molecule has 3 rings (SSSR count). The lowest BCUT2D eigenvalue weighted by molar-refractivity contribution is -0.137. The van der Waals surface area contributed by atoms with Crippen LogP contribution >= 0.6 is 23.4 Å². The van der Waals surface area contributed by atoms with Crippen molar-refractivity contribution in [2.75, 3.05) is 31.6 Å². The Morgan fingerprint density at radius 2 is 2.00 bits per heavy atom. The van der Waals surface area contributed by atoms with Gasteiger partial charge in [0.2, 0.25) is 11.8 Å². The van der Waals surface area contributed by atoms with Crippen LogP contribution in [-0.2, 0) is 19.4 Å².